The van der Waals surface area contributed by atoms with E-state index in [1.807, 2.05) is 25.3 Å². The third kappa shape index (κ3) is 2.79. The van der Waals surface area contributed by atoms with Crippen LogP contribution in [-0.2, 0) is 10.2 Å². The Balaban J connectivity index is 2.18. The number of hydrazone groups is 1. The van der Waals surface area contributed by atoms with Gasteiger partial charge in [0.05, 0.1) is 0 Å². The highest BCUT2D eigenvalue weighted by molar-refractivity contribution is 5.82. The van der Waals surface area contributed by atoms with E-state index in [9.17, 15) is 4.79 Å². The fourth-order valence-electron chi connectivity index (χ4n) is 2.63. The molecule has 0 bridgehead atoms. The van der Waals surface area contributed by atoms with Gasteiger partial charge in [-0.2, -0.15) is 5.10 Å². The molecule has 0 spiro atoms. The van der Waals surface area contributed by atoms with Gasteiger partial charge in [0.2, 0.25) is 0 Å². The summed E-state index contributed by atoms with van der Waals surface area (Å²) in [5, 5.41) is 3.85. The predicted octanol–water partition coefficient (Wildman–Crippen LogP) is 2.32. The first-order valence-corrected chi connectivity index (χ1v) is 6.67. The van der Waals surface area contributed by atoms with Crippen LogP contribution in [0.4, 0.5) is 5.69 Å². The second-order valence-corrected chi connectivity index (χ2v) is 5.38. The lowest BCUT2D eigenvalue weighted by Gasteiger charge is -2.23. The van der Waals surface area contributed by atoms with E-state index in [2.05, 4.69) is 46.3 Å². The van der Waals surface area contributed by atoms with Crippen LogP contribution >= 0.6 is 0 Å². The molecule has 0 saturated heterocycles. The Morgan fingerprint density at radius 3 is 2.86 bits per heavy atom. The topological polar surface area (TPSA) is 49.1 Å². The van der Waals surface area contributed by atoms with Crippen LogP contribution in [0.25, 0.3) is 4.85 Å². The Morgan fingerprint density at radius 1 is 1.48 bits per heavy atom. The summed E-state index contributed by atoms with van der Waals surface area (Å²) < 4.78 is 0. The van der Waals surface area contributed by atoms with Gasteiger partial charge < -0.3 is 9.74 Å². The van der Waals surface area contributed by atoms with Crippen LogP contribution in [0.5, 0.6) is 0 Å². The van der Waals surface area contributed by atoms with Crippen molar-refractivity contribution in [3.63, 3.8) is 0 Å². The van der Waals surface area contributed by atoms with Crippen LogP contribution in [0.3, 0.4) is 0 Å². The molecule has 0 saturated carbocycles. The predicted molar refractivity (Wildman–Crippen MR) is 84.1 cm³/mol. The minimum atomic E-state index is -0.401. The Labute approximate surface area is 124 Å². The first-order valence-electron chi connectivity index (χ1n) is 6.67. The number of nitrogens with zero attached hydrogens (tertiary/aromatic N) is 3. The van der Waals surface area contributed by atoms with Gasteiger partial charge in [0.25, 0.3) is 6.54 Å². The van der Waals surface area contributed by atoms with Crippen LogP contribution in [0.1, 0.15) is 19.4 Å². The van der Waals surface area contributed by atoms with Crippen molar-refractivity contribution in [2.24, 2.45) is 5.10 Å². The number of fused-ring (bicyclic) bond motifs is 1. The van der Waals surface area contributed by atoms with Crippen LogP contribution in [0, 0.1) is 6.57 Å². The Hall–Kier alpha value is -2.61. The third-order valence-corrected chi connectivity index (χ3v) is 3.66. The zero-order chi connectivity index (χ0) is 15.5. The normalized spacial score (nSPS) is 17.8. The number of likely N-dealkylation sites (N-methyl/N-ethyl adjacent to an activating group) is 1. The molecule has 1 amide bonds. The Bertz CT molecular complexity index is 652. The van der Waals surface area contributed by atoms with Crippen molar-refractivity contribution in [2.75, 3.05) is 18.5 Å². The first-order chi connectivity index (χ1) is 9.98. The van der Waals surface area contributed by atoms with E-state index in [0.29, 0.717) is 0 Å². The number of rotatable bonds is 3. The van der Waals surface area contributed by atoms with Crippen LogP contribution in [0.15, 0.2) is 41.1 Å². The fraction of sp³-hybridized carbons (Fsp3) is 0.312. The largest absolute Gasteiger partial charge is 0.347 e. The van der Waals surface area contributed by atoms with Crippen LogP contribution in [0.2, 0.25) is 0 Å². The van der Waals surface area contributed by atoms with E-state index < -0.39 is 5.91 Å². The highest BCUT2D eigenvalue weighted by atomic mass is 16.2. The molecule has 5 nitrogen and oxygen atoms in total. The van der Waals surface area contributed by atoms with Gasteiger partial charge in [0, 0.05) is 30.1 Å². The Kier molecular flexibility index (Phi) is 4.08. The number of carbonyl (C=O) groups excluding carboxylic acids is 1. The summed E-state index contributed by atoms with van der Waals surface area (Å²) in [5.41, 5.74) is 5.76. The number of carbonyl (C=O) groups is 1. The summed E-state index contributed by atoms with van der Waals surface area (Å²) in [5.74, 6) is -0.401. The number of anilines is 1. The number of para-hydroxylation sites is 1. The highest BCUT2D eigenvalue weighted by Crippen LogP contribution is 2.46. The number of hydrogen-bond acceptors (Lipinski definition) is 3. The second kappa shape index (κ2) is 5.80. The van der Waals surface area contributed by atoms with Crippen molar-refractivity contribution in [3.05, 3.63) is 53.0 Å². The van der Waals surface area contributed by atoms with Gasteiger partial charge in [0.1, 0.15) is 0 Å². The average Bonchev–Trinajstić information content (AvgIpc) is 2.64. The number of nitrogens with one attached hydrogen (secondary N) is 1. The van der Waals surface area contributed by atoms with E-state index in [0.717, 1.165) is 5.70 Å². The van der Waals surface area contributed by atoms with Crippen LogP contribution in [-0.4, -0.2) is 25.7 Å². The maximum atomic E-state index is 11.1. The molecule has 1 aliphatic heterocycles. The van der Waals surface area contributed by atoms with Gasteiger partial charge in [-0.25, -0.2) is 12.0 Å². The SMILES string of the molecule is [C-]#[N+]CC(=O)N/N=C/C=C1\N(C)c2ccccc2C1(C)C. The van der Waals surface area contributed by atoms with Gasteiger partial charge in [-0.1, -0.05) is 32.0 Å². The highest BCUT2D eigenvalue weighted by Gasteiger charge is 2.37. The minimum absolute atomic E-state index is 0.113. The minimum Gasteiger partial charge on any atom is -0.347 e. The molecular formula is C16H18N4O. The molecule has 2 rings (SSSR count). The van der Waals surface area contributed by atoms with Crippen molar-refractivity contribution in [3.8, 4) is 0 Å². The molecule has 0 atom stereocenters. The third-order valence-electron chi connectivity index (χ3n) is 3.66. The molecule has 1 aromatic rings. The first kappa shape index (κ1) is 14.8. The molecule has 1 aromatic carbocycles. The molecule has 0 unspecified atom stereocenters. The van der Waals surface area contributed by atoms with E-state index >= 15 is 0 Å². The summed E-state index contributed by atoms with van der Waals surface area (Å²) in [7, 11) is 2.02. The number of hydrogen-bond donors (Lipinski definition) is 1. The van der Waals surface area contributed by atoms with Gasteiger partial charge in [-0.3, -0.25) is 4.79 Å². The molecule has 21 heavy (non-hydrogen) atoms. The van der Waals surface area contributed by atoms with E-state index in [-0.39, 0.29) is 12.0 Å². The lowest BCUT2D eigenvalue weighted by molar-refractivity contribution is -0.119. The molecule has 0 fully saturated rings. The van der Waals surface area contributed by atoms with Crippen molar-refractivity contribution in [2.45, 2.75) is 19.3 Å². The van der Waals surface area contributed by atoms with Gasteiger partial charge >= 0.3 is 5.91 Å². The van der Waals surface area contributed by atoms with Crippen molar-refractivity contribution >= 4 is 17.8 Å². The molecule has 5 heteroatoms. The molecule has 108 valence electrons. The van der Waals surface area contributed by atoms with Crippen molar-refractivity contribution in [1.29, 1.82) is 0 Å². The van der Waals surface area contributed by atoms with E-state index in [1.54, 1.807) is 6.21 Å². The monoisotopic (exact) mass is 282 g/mol. The van der Waals surface area contributed by atoms with Crippen LogP contribution < -0.4 is 10.3 Å². The number of benzene rings is 1. The molecule has 0 radical (unpaired) electrons. The lowest BCUT2D eigenvalue weighted by atomic mass is 9.84. The summed E-state index contributed by atoms with van der Waals surface area (Å²) in [4.78, 5) is 16.3. The van der Waals surface area contributed by atoms with Gasteiger partial charge in [-0.05, 0) is 17.7 Å². The van der Waals surface area contributed by atoms with Gasteiger partial charge in [0.15, 0.2) is 0 Å². The van der Waals surface area contributed by atoms with Gasteiger partial charge in [-0.15, -0.1) is 0 Å². The maximum absolute atomic E-state index is 11.1. The lowest BCUT2D eigenvalue weighted by Crippen LogP contribution is -2.23. The zero-order valence-electron chi connectivity index (χ0n) is 12.4. The van der Waals surface area contributed by atoms with E-state index in [1.165, 1.54) is 11.3 Å². The molecular weight excluding hydrogens is 264 g/mol. The zero-order valence-corrected chi connectivity index (χ0v) is 12.4. The quantitative estimate of drug-likeness (QED) is 0.525. The Morgan fingerprint density at radius 2 is 2.19 bits per heavy atom. The molecule has 1 heterocycles. The van der Waals surface area contributed by atoms with E-state index in [4.69, 9.17) is 6.57 Å². The smallest absolute Gasteiger partial charge is 0.320 e. The summed E-state index contributed by atoms with van der Waals surface area (Å²) in [6.07, 6.45) is 3.44. The standard InChI is InChI=1S/C16H18N4O/c1-16(2)12-7-5-6-8-13(12)20(4)14(16)9-10-18-19-15(21)11-17-3/h5-10H,11H2,1-2,4H3,(H,19,21)/b14-9-,18-10+. The maximum Gasteiger partial charge on any atom is 0.320 e. The molecule has 1 N–H and O–H groups in total. The fourth-order valence-corrected chi connectivity index (χ4v) is 2.63. The summed E-state index contributed by atoms with van der Waals surface area (Å²) in [6.45, 7) is 10.7. The second-order valence-electron chi connectivity index (χ2n) is 5.38. The average molecular weight is 282 g/mol. The molecule has 1 aliphatic rings. The number of allylic oxidation sites excluding steroid dienone is 2. The molecule has 0 aromatic heterocycles. The number of amides is 1. The van der Waals surface area contributed by atoms with Crippen molar-refractivity contribution in [1.82, 2.24) is 5.43 Å². The summed E-state index contributed by atoms with van der Waals surface area (Å²) >= 11 is 0. The summed E-state index contributed by atoms with van der Waals surface area (Å²) in [6, 6.07) is 8.27. The molecule has 0 aliphatic carbocycles. The van der Waals surface area contributed by atoms with Crippen molar-refractivity contribution < 1.29 is 4.79 Å².